The van der Waals surface area contributed by atoms with E-state index in [4.69, 9.17) is 5.26 Å². The fourth-order valence-corrected chi connectivity index (χ4v) is 4.83. The number of amides is 1. The lowest BCUT2D eigenvalue weighted by atomic mass is 9.94. The number of sulfone groups is 1. The fraction of sp³-hybridized carbons (Fsp3) is 0.130. The van der Waals surface area contributed by atoms with Crippen LogP contribution in [-0.2, 0) is 26.4 Å². The lowest BCUT2D eigenvalue weighted by molar-refractivity contribution is -0.138. The van der Waals surface area contributed by atoms with Gasteiger partial charge in [-0.05, 0) is 54.1 Å². The minimum absolute atomic E-state index is 0.343. The number of benzene rings is 3. The van der Waals surface area contributed by atoms with Crippen LogP contribution in [0.15, 0.2) is 65.6 Å². The molecular weight excluding hydrogens is 514 g/mol. The van der Waals surface area contributed by atoms with Gasteiger partial charge in [-0.25, -0.2) is 21.6 Å². The quantitative estimate of drug-likeness (QED) is 0.464. The molecule has 3 aromatic carbocycles. The van der Waals surface area contributed by atoms with Gasteiger partial charge >= 0.3 is 6.18 Å². The van der Waals surface area contributed by atoms with E-state index in [1.54, 1.807) is 0 Å². The van der Waals surface area contributed by atoms with E-state index in [1.807, 2.05) is 5.32 Å². The molecule has 0 fully saturated rings. The first-order chi connectivity index (χ1) is 16.7. The normalized spacial score (nSPS) is 13.5. The maximum atomic E-state index is 13.9. The van der Waals surface area contributed by atoms with Gasteiger partial charge < -0.3 is 10.4 Å². The number of rotatable bonds is 6. The number of anilines is 1. The number of alkyl halides is 3. The Morgan fingerprint density at radius 3 is 2.25 bits per heavy atom. The number of carbonyl (C=O) groups is 1. The van der Waals surface area contributed by atoms with Crippen LogP contribution in [0.25, 0.3) is 0 Å². The molecule has 6 nitrogen and oxygen atoms in total. The molecule has 1 atom stereocenters. The zero-order valence-corrected chi connectivity index (χ0v) is 18.6. The summed E-state index contributed by atoms with van der Waals surface area (Å²) in [6, 6.07) is 8.40. The molecule has 0 aromatic heterocycles. The summed E-state index contributed by atoms with van der Waals surface area (Å²) in [5.41, 5.74) is -6.71. The number of carbonyl (C=O) groups excluding carboxylic acids is 1. The fourth-order valence-electron chi connectivity index (χ4n) is 3.24. The van der Waals surface area contributed by atoms with Gasteiger partial charge in [-0.1, -0.05) is 12.1 Å². The van der Waals surface area contributed by atoms with Crippen molar-refractivity contribution in [3.63, 3.8) is 0 Å². The second-order valence-corrected chi connectivity index (χ2v) is 9.52. The molecular formula is C23H14F6N2O4S. The number of nitriles is 1. The average Bonchev–Trinajstić information content (AvgIpc) is 2.79. The summed E-state index contributed by atoms with van der Waals surface area (Å²) >= 11 is 0. The third-order valence-electron chi connectivity index (χ3n) is 5.03. The Morgan fingerprint density at radius 1 is 0.972 bits per heavy atom. The van der Waals surface area contributed by atoms with Crippen molar-refractivity contribution in [2.24, 2.45) is 0 Å². The number of nitrogens with zero attached hydrogens (tertiary/aromatic N) is 1. The van der Waals surface area contributed by atoms with E-state index in [0.717, 1.165) is 30.3 Å². The number of aliphatic hydroxyl groups is 1. The summed E-state index contributed by atoms with van der Waals surface area (Å²) in [7, 11) is -4.68. The predicted molar refractivity (Wildman–Crippen MR) is 113 cm³/mol. The minimum atomic E-state index is -5.00. The molecule has 0 spiro atoms. The molecule has 1 unspecified atom stereocenters. The second kappa shape index (κ2) is 9.63. The third-order valence-corrected chi connectivity index (χ3v) is 6.80. The van der Waals surface area contributed by atoms with Crippen LogP contribution in [0.1, 0.15) is 16.7 Å². The van der Waals surface area contributed by atoms with E-state index >= 15 is 0 Å². The van der Waals surface area contributed by atoms with Crippen molar-refractivity contribution in [2.75, 3.05) is 11.1 Å². The highest BCUT2D eigenvalue weighted by Gasteiger charge is 2.44. The third kappa shape index (κ3) is 5.50. The Balaban J connectivity index is 2.09. The zero-order valence-electron chi connectivity index (χ0n) is 17.8. The first-order valence-electron chi connectivity index (χ1n) is 9.76. The Kier molecular flexibility index (Phi) is 7.15. The molecule has 0 aliphatic rings. The monoisotopic (exact) mass is 528 g/mol. The lowest BCUT2D eigenvalue weighted by Crippen LogP contribution is -2.46. The Bertz CT molecular complexity index is 1480. The van der Waals surface area contributed by atoms with Crippen molar-refractivity contribution in [2.45, 2.75) is 16.7 Å². The SMILES string of the molecule is N#Cc1ccc(NC(=O)C(O)(CS(=O)(=O)c2cccc(F)c2)c2ccc(F)c(F)c2)cc1C(F)(F)F. The van der Waals surface area contributed by atoms with Gasteiger partial charge in [0, 0.05) is 5.69 Å². The van der Waals surface area contributed by atoms with Crippen molar-refractivity contribution in [1.29, 1.82) is 5.26 Å². The minimum Gasteiger partial charge on any atom is -0.374 e. The highest BCUT2D eigenvalue weighted by atomic mass is 32.2. The summed E-state index contributed by atoms with van der Waals surface area (Å²) < 4.78 is 107. The molecule has 1 amide bonds. The summed E-state index contributed by atoms with van der Waals surface area (Å²) in [5, 5.41) is 22.0. The number of hydrogen-bond acceptors (Lipinski definition) is 5. The van der Waals surface area contributed by atoms with E-state index in [1.165, 1.54) is 6.07 Å². The maximum Gasteiger partial charge on any atom is 0.417 e. The molecule has 0 saturated carbocycles. The van der Waals surface area contributed by atoms with E-state index in [0.29, 0.717) is 30.3 Å². The van der Waals surface area contributed by atoms with Gasteiger partial charge in [0.25, 0.3) is 5.91 Å². The Labute approximate surface area is 200 Å². The van der Waals surface area contributed by atoms with Crippen LogP contribution in [0.2, 0.25) is 0 Å². The molecule has 0 bridgehead atoms. The molecule has 2 N–H and O–H groups in total. The summed E-state index contributed by atoms with van der Waals surface area (Å²) in [5.74, 6) is -7.04. The Hall–Kier alpha value is -3.89. The molecule has 188 valence electrons. The van der Waals surface area contributed by atoms with Gasteiger partial charge in [-0.15, -0.1) is 0 Å². The van der Waals surface area contributed by atoms with Crippen LogP contribution in [-0.4, -0.2) is 25.2 Å². The molecule has 0 aliphatic carbocycles. The van der Waals surface area contributed by atoms with Gasteiger partial charge in [0.15, 0.2) is 27.1 Å². The van der Waals surface area contributed by atoms with Crippen LogP contribution < -0.4 is 5.32 Å². The summed E-state index contributed by atoms with van der Waals surface area (Å²) in [6.07, 6.45) is -5.00. The molecule has 0 radical (unpaired) electrons. The largest absolute Gasteiger partial charge is 0.417 e. The topological polar surface area (TPSA) is 107 Å². The lowest BCUT2D eigenvalue weighted by Gasteiger charge is -2.27. The molecule has 0 heterocycles. The van der Waals surface area contributed by atoms with E-state index < -0.39 is 78.0 Å². The zero-order chi connectivity index (χ0) is 26.9. The van der Waals surface area contributed by atoms with Crippen molar-refractivity contribution in [3.05, 3.63) is 94.8 Å². The van der Waals surface area contributed by atoms with E-state index in [-0.39, 0.29) is 0 Å². The predicted octanol–water partition coefficient (Wildman–Crippen LogP) is 4.29. The van der Waals surface area contributed by atoms with Crippen molar-refractivity contribution < 1.29 is 44.7 Å². The molecule has 0 saturated heterocycles. The van der Waals surface area contributed by atoms with E-state index in [2.05, 4.69) is 0 Å². The van der Waals surface area contributed by atoms with Gasteiger partial charge in [-0.2, -0.15) is 18.4 Å². The molecule has 3 rings (SSSR count). The van der Waals surface area contributed by atoms with Crippen LogP contribution in [0, 0.1) is 28.8 Å². The molecule has 36 heavy (non-hydrogen) atoms. The number of hydrogen-bond donors (Lipinski definition) is 2. The first kappa shape index (κ1) is 26.7. The second-order valence-electron chi connectivity index (χ2n) is 7.53. The van der Waals surface area contributed by atoms with Crippen molar-refractivity contribution in [1.82, 2.24) is 0 Å². The molecule has 0 aliphatic heterocycles. The van der Waals surface area contributed by atoms with Crippen LogP contribution in [0.4, 0.5) is 32.0 Å². The highest BCUT2D eigenvalue weighted by Crippen LogP contribution is 2.35. The Morgan fingerprint density at radius 2 is 1.67 bits per heavy atom. The maximum absolute atomic E-state index is 13.9. The van der Waals surface area contributed by atoms with Gasteiger partial charge in [0.05, 0.1) is 27.8 Å². The standard InChI is InChI=1S/C23H14F6N2O4S/c24-15-2-1-3-17(9-15)36(34,35)12-22(33,14-5-7-19(25)20(26)8-14)21(32)31-16-6-4-13(11-30)18(10-16)23(27,28)29/h1-10,33H,12H2,(H,31,32). The van der Waals surface area contributed by atoms with Crippen molar-refractivity contribution >= 4 is 21.4 Å². The van der Waals surface area contributed by atoms with Gasteiger partial charge in [0.2, 0.25) is 0 Å². The number of halogens is 6. The molecule has 13 heteroatoms. The van der Waals surface area contributed by atoms with E-state index in [9.17, 15) is 44.7 Å². The summed E-state index contributed by atoms with van der Waals surface area (Å²) in [6.45, 7) is 0. The van der Waals surface area contributed by atoms with Crippen LogP contribution in [0.3, 0.4) is 0 Å². The first-order valence-corrected chi connectivity index (χ1v) is 11.4. The van der Waals surface area contributed by atoms with Gasteiger partial charge in [-0.3, -0.25) is 4.79 Å². The highest BCUT2D eigenvalue weighted by molar-refractivity contribution is 7.91. The van der Waals surface area contributed by atoms with Crippen LogP contribution >= 0.6 is 0 Å². The van der Waals surface area contributed by atoms with Crippen molar-refractivity contribution in [3.8, 4) is 6.07 Å². The molecule has 3 aromatic rings. The average molecular weight is 528 g/mol. The van der Waals surface area contributed by atoms with Gasteiger partial charge in [0.1, 0.15) is 5.82 Å². The smallest absolute Gasteiger partial charge is 0.374 e. The number of nitrogens with one attached hydrogen (secondary N) is 1. The van der Waals surface area contributed by atoms with Crippen LogP contribution in [0.5, 0.6) is 0 Å². The summed E-state index contributed by atoms with van der Waals surface area (Å²) in [4.78, 5) is 12.4.